The smallest absolute Gasteiger partial charge is 0.253 e. The van der Waals surface area contributed by atoms with Gasteiger partial charge in [-0.2, -0.15) is 0 Å². The first-order valence-electron chi connectivity index (χ1n) is 7.68. The van der Waals surface area contributed by atoms with Crippen molar-refractivity contribution in [2.45, 2.75) is 39.5 Å². The lowest BCUT2D eigenvalue weighted by Crippen LogP contribution is -2.33. The van der Waals surface area contributed by atoms with Gasteiger partial charge < -0.3 is 10.6 Å². The van der Waals surface area contributed by atoms with Crippen LogP contribution in [0.15, 0.2) is 18.5 Å². The highest BCUT2D eigenvalue weighted by Gasteiger charge is 2.22. The second-order valence-corrected chi connectivity index (χ2v) is 5.68. The molecule has 0 aromatic carbocycles. The first-order valence-corrected chi connectivity index (χ1v) is 7.68. The highest BCUT2D eigenvalue weighted by Crippen LogP contribution is 2.29. The van der Waals surface area contributed by atoms with Crippen molar-refractivity contribution < 1.29 is 4.79 Å². The lowest BCUT2D eigenvalue weighted by atomic mass is 9.80. The van der Waals surface area contributed by atoms with Gasteiger partial charge in [-0.05, 0) is 31.2 Å². The van der Waals surface area contributed by atoms with Crippen LogP contribution < -0.4 is 10.6 Å². The number of amides is 1. The van der Waals surface area contributed by atoms with Crippen molar-refractivity contribution in [1.29, 1.82) is 0 Å². The molecule has 0 radical (unpaired) electrons. The molecule has 2 atom stereocenters. The van der Waals surface area contributed by atoms with Crippen molar-refractivity contribution in [3.63, 3.8) is 0 Å². The van der Waals surface area contributed by atoms with Gasteiger partial charge in [0, 0.05) is 19.3 Å². The van der Waals surface area contributed by atoms with Gasteiger partial charge in [0.25, 0.3) is 5.91 Å². The van der Waals surface area contributed by atoms with E-state index in [0.717, 1.165) is 24.7 Å². The van der Waals surface area contributed by atoms with E-state index in [0.29, 0.717) is 11.5 Å². The van der Waals surface area contributed by atoms with Gasteiger partial charge in [-0.25, -0.2) is 0 Å². The number of hydrogen-bond acceptors (Lipinski definition) is 3. The van der Waals surface area contributed by atoms with E-state index < -0.39 is 0 Å². The molecule has 1 aliphatic carbocycles. The Labute approximate surface area is 121 Å². The van der Waals surface area contributed by atoms with Crippen molar-refractivity contribution in [3.8, 4) is 0 Å². The van der Waals surface area contributed by atoms with E-state index in [1.54, 1.807) is 18.5 Å². The SMILES string of the molecule is CCNc1cnccc1C(=O)NCC1CCCCC1C. The van der Waals surface area contributed by atoms with Crippen LogP contribution in [-0.2, 0) is 0 Å². The third-order valence-electron chi connectivity index (χ3n) is 4.25. The van der Waals surface area contributed by atoms with E-state index in [9.17, 15) is 4.79 Å². The van der Waals surface area contributed by atoms with Crippen LogP contribution in [0.1, 0.15) is 49.9 Å². The van der Waals surface area contributed by atoms with Crippen LogP contribution in [-0.4, -0.2) is 24.0 Å². The number of aromatic nitrogens is 1. The van der Waals surface area contributed by atoms with Crippen LogP contribution in [0.4, 0.5) is 5.69 Å². The summed E-state index contributed by atoms with van der Waals surface area (Å²) in [6, 6.07) is 1.78. The summed E-state index contributed by atoms with van der Waals surface area (Å²) in [5.41, 5.74) is 1.49. The van der Waals surface area contributed by atoms with Gasteiger partial charge in [-0.3, -0.25) is 9.78 Å². The van der Waals surface area contributed by atoms with E-state index in [-0.39, 0.29) is 5.91 Å². The van der Waals surface area contributed by atoms with Crippen molar-refractivity contribution in [1.82, 2.24) is 10.3 Å². The summed E-state index contributed by atoms with van der Waals surface area (Å²) >= 11 is 0. The van der Waals surface area contributed by atoms with Gasteiger partial charge in [0.15, 0.2) is 0 Å². The molecule has 1 aromatic heterocycles. The molecule has 4 nitrogen and oxygen atoms in total. The Bertz CT molecular complexity index is 447. The molecule has 2 N–H and O–H groups in total. The maximum Gasteiger partial charge on any atom is 0.253 e. The highest BCUT2D eigenvalue weighted by molar-refractivity contribution is 5.99. The summed E-state index contributed by atoms with van der Waals surface area (Å²) in [5, 5.41) is 6.27. The molecule has 110 valence electrons. The second kappa shape index (κ2) is 7.27. The van der Waals surface area contributed by atoms with E-state index in [1.165, 1.54) is 25.7 Å². The standard InChI is InChI=1S/C16H25N3O/c1-3-18-15-11-17-9-8-14(15)16(20)19-10-13-7-5-4-6-12(13)2/h8-9,11-13,18H,3-7,10H2,1-2H3,(H,19,20). The first-order chi connectivity index (χ1) is 9.72. The highest BCUT2D eigenvalue weighted by atomic mass is 16.1. The number of pyridine rings is 1. The van der Waals surface area contributed by atoms with Gasteiger partial charge >= 0.3 is 0 Å². The summed E-state index contributed by atoms with van der Waals surface area (Å²) < 4.78 is 0. The molecule has 4 heteroatoms. The fraction of sp³-hybridized carbons (Fsp3) is 0.625. The predicted octanol–water partition coefficient (Wildman–Crippen LogP) is 3.07. The zero-order chi connectivity index (χ0) is 14.4. The van der Waals surface area contributed by atoms with Crippen molar-refractivity contribution in [3.05, 3.63) is 24.0 Å². The zero-order valence-corrected chi connectivity index (χ0v) is 12.5. The maximum absolute atomic E-state index is 12.3. The van der Waals surface area contributed by atoms with Crippen molar-refractivity contribution in [2.75, 3.05) is 18.4 Å². The van der Waals surface area contributed by atoms with Crippen LogP contribution in [0.2, 0.25) is 0 Å². The Kier molecular flexibility index (Phi) is 5.39. The molecule has 2 rings (SSSR count). The summed E-state index contributed by atoms with van der Waals surface area (Å²) in [6.45, 7) is 5.88. The Morgan fingerprint density at radius 3 is 2.95 bits per heavy atom. The largest absolute Gasteiger partial charge is 0.383 e. The average Bonchev–Trinajstić information content (AvgIpc) is 2.47. The Morgan fingerprint density at radius 2 is 2.20 bits per heavy atom. The van der Waals surface area contributed by atoms with Gasteiger partial charge in [0.1, 0.15) is 0 Å². The third kappa shape index (κ3) is 3.71. The Hall–Kier alpha value is -1.58. The molecule has 1 aliphatic rings. The van der Waals surface area contributed by atoms with E-state index in [4.69, 9.17) is 0 Å². The number of nitrogens with one attached hydrogen (secondary N) is 2. The number of carbonyl (C=O) groups is 1. The van der Waals surface area contributed by atoms with Crippen molar-refractivity contribution in [2.24, 2.45) is 11.8 Å². The molecule has 1 saturated carbocycles. The number of anilines is 1. The van der Waals surface area contributed by atoms with Gasteiger partial charge in [-0.1, -0.05) is 26.2 Å². The summed E-state index contributed by atoms with van der Waals surface area (Å²) in [6.07, 6.45) is 8.53. The molecule has 1 amide bonds. The lowest BCUT2D eigenvalue weighted by molar-refractivity contribution is 0.0937. The molecule has 0 spiro atoms. The molecule has 1 heterocycles. The predicted molar refractivity (Wildman–Crippen MR) is 81.9 cm³/mol. The minimum Gasteiger partial charge on any atom is -0.383 e. The fourth-order valence-corrected chi connectivity index (χ4v) is 2.94. The zero-order valence-electron chi connectivity index (χ0n) is 12.5. The molecule has 2 unspecified atom stereocenters. The van der Waals surface area contributed by atoms with Crippen LogP contribution in [0, 0.1) is 11.8 Å². The number of rotatable bonds is 5. The average molecular weight is 275 g/mol. The number of nitrogens with zero attached hydrogens (tertiary/aromatic N) is 1. The van der Waals surface area contributed by atoms with Crippen molar-refractivity contribution >= 4 is 11.6 Å². The van der Waals surface area contributed by atoms with Crippen LogP contribution >= 0.6 is 0 Å². The topological polar surface area (TPSA) is 54.0 Å². The van der Waals surface area contributed by atoms with E-state index in [2.05, 4.69) is 22.5 Å². The fourth-order valence-electron chi connectivity index (χ4n) is 2.94. The van der Waals surface area contributed by atoms with Crippen LogP contribution in [0.25, 0.3) is 0 Å². The quantitative estimate of drug-likeness (QED) is 0.868. The minimum absolute atomic E-state index is 0.00104. The molecular weight excluding hydrogens is 250 g/mol. The van der Waals surface area contributed by atoms with Crippen LogP contribution in [0.3, 0.4) is 0 Å². The third-order valence-corrected chi connectivity index (χ3v) is 4.25. The van der Waals surface area contributed by atoms with Gasteiger partial charge in [-0.15, -0.1) is 0 Å². The Balaban J connectivity index is 1.94. The first kappa shape index (κ1) is 14.8. The molecule has 20 heavy (non-hydrogen) atoms. The number of hydrogen-bond donors (Lipinski definition) is 2. The van der Waals surface area contributed by atoms with E-state index >= 15 is 0 Å². The summed E-state index contributed by atoms with van der Waals surface area (Å²) in [5.74, 6) is 1.34. The molecule has 0 saturated heterocycles. The lowest BCUT2D eigenvalue weighted by Gasteiger charge is -2.28. The molecule has 0 bridgehead atoms. The maximum atomic E-state index is 12.3. The molecule has 1 aromatic rings. The van der Waals surface area contributed by atoms with Gasteiger partial charge in [0.05, 0.1) is 17.4 Å². The molecular formula is C16H25N3O. The second-order valence-electron chi connectivity index (χ2n) is 5.68. The Morgan fingerprint density at radius 1 is 1.40 bits per heavy atom. The molecule has 0 aliphatic heterocycles. The van der Waals surface area contributed by atoms with Crippen LogP contribution in [0.5, 0.6) is 0 Å². The summed E-state index contributed by atoms with van der Waals surface area (Å²) in [4.78, 5) is 16.4. The van der Waals surface area contributed by atoms with Gasteiger partial charge in [0.2, 0.25) is 0 Å². The summed E-state index contributed by atoms with van der Waals surface area (Å²) in [7, 11) is 0. The number of carbonyl (C=O) groups excluding carboxylic acids is 1. The minimum atomic E-state index is 0.00104. The molecule has 1 fully saturated rings. The van der Waals surface area contributed by atoms with E-state index in [1.807, 2.05) is 6.92 Å². The monoisotopic (exact) mass is 275 g/mol. The normalized spacial score (nSPS) is 22.3.